The van der Waals surface area contributed by atoms with Gasteiger partial charge in [-0.1, -0.05) is 29.3 Å². The lowest BCUT2D eigenvalue weighted by Crippen LogP contribution is -2.27. The van der Waals surface area contributed by atoms with Crippen molar-refractivity contribution in [2.45, 2.75) is 26.9 Å². The summed E-state index contributed by atoms with van der Waals surface area (Å²) in [5.74, 6) is 0. The quantitative estimate of drug-likeness (QED) is 0.608. The van der Waals surface area contributed by atoms with Gasteiger partial charge in [-0.3, -0.25) is 4.57 Å². The average Bonchev–Trinajstić information content (AvgIpc) is 2.47. The van der Waals surface area contributed by atoms with Crippen LogP contribution in [0, 0.1) is 20.8 Å². The Morgan fingerprint density at radius 2 is 1.64 bits per heavy atom. The van der Waals surface area contributed by atoms with Crippen LogP contribution in [-0.4, -0.2) is 9.55 Å². The summed E-state index contributed by atoms with van der Waals surface area (Å²) in [5, 5.41) is -0.0682. The molecule has 0 atom stereocenters. The third-order valence-corrected chi connectivity index (χ3v) is 4.22. The topological polar surface area (TPSA) is 34.9 Å². The smallest absolute Gasteiger partial charge is 0.260 e. The summed E-state index contributed by atoms with van der Waals surface area (Å²) in [7, 11) is 0. The number of alkyl halides is 3. The maximum Gasteiger partial charge on any atom is 0.434 e. The molecule has 0 saturated heterocycles. The second-order valence-corrected chi connectivity index (χ2v) is 6.42. The summed E-state index contributed by atoms with van der Waals surface area (Å²) < 4.78 is 41.2. The Bertz CT molecular complexity index is 1030. The maximum absolute atomic E-state index is 13.3. The van der Waals surface area contributed by atoms with Crippen molar-refractivity contribution in [3.05, 3.63) is 68.2 Å². The Morgan fingerprint density at radius 3 is 2.20 bits per heavy atom. The highest BCUT2D eigenvalue weighted by Gasteiger charge is 2.36. The lowest BCUT2D eigenvalue weighted by atomic mass is 10.0. The van der Waals surface area contributed by atoms with Gasteiger partial charge in [0, 0.05) is 10.4 Å². The van der Waals surface area contributed by atoms with Crippen molar-refractivity contribution in [2.75, 3.05) is 0 Å². The van der Waals surface area contributed by atoms with E-state index in [2.05, 4.69) is 4.98 Å². The van der Waals surface area contributed by atoms with Crippen LogP contribution in [0.25, 0.3) is 16.6 Å². The fourth-order valence-electron chi connectivity index (χ4n) is 3.16. The number of hydrogen-bond acceptors (Lipinski definition) is 2. The Morgan fingerprint density at radius 1 is 1.04 bits per heavy atom. The molecule has 3 nitrogen and oxygen atoms in total. The van der Waals surface area contributed by atoms with Crippen molar-refractivity contribution in [1.29, 1.82) is 0 Å². The van der Waals surface area contributed by atoms with Gasteiger partial charge in [0.15, 0.2) is 5.69 Å². The molecule has 0 N–H and O–H groups in total. The second-order valence-electron chi connectivity index (χ2n) is 5.98. The highest BCUT2D eigenvalue weighted by atomic mass is 35.5. The Hall–Kier alpha value is -2.34. The third-order valence-electron chi connectivity index (χ3n) is 3.98. The number of halogens is 4. The first-order valence-corrected chi connectivity index (χ1v) is 7.85. The molecule has 0 unspecified atom stereocenters. The van der Waals surface area contributed by atoms with Crippen LogP contribution in [0.3, 0.4) is 0 Å². The highest BCUT2D eigenvalue weighted by Crippen LogP contribution is 2.34. The molecule has 1 aromatic heterocycles. The minimum Gasteiger partial charge on any atom is -0.260 e. The first-order valence-electron chi connectivity index (χ1n) is 7.47. The van der Waals surface area contributed by atoms with E-state index in [-0.39, 0.29) is 15.9 Å². The molecule has 0 aliphatic rings. The predicted molar refractivity (Wildman–Crippen MR) is 91.6 cm³/mol. The van der Waals surface area contributed by atoms with Crippen LogP contribution in [0.15, 0.2) is 35.1 Å². The van der Waals surface area contributed by atoms with Gasteiger partial charge in [0.05, 0.1) is 11.2 Å². The van der Waals surface area contributed by atoms with E-state index in [1.807, 2.05) is 19.1 Å². The number of fused-ring (bicyclic) bond motifs is 1. The molecule has 0 spiro atoms. The van der Waals surface area contributed by atoms with Gasteiger partial charge in [-0.25, -0.2) is 4.79 Å². The number of rotatable bonds is 1. The molecule has 0 fully saturated rings. The van der Waals surface area contributed by atoms with E-state index in [0.717, 1.165) is 16.7 Å². The molecular weight excluding hydrogens is 353 g/mol. The fraction of sp³-hybridized carbons (Fsp3) is 0.222. The lowest BCUT2D eigenvalue weighted by molar-refractivity contribution is -0.140. The summed E-state index contributed by atoms with van der Waals surface area (Å²) in [4.78, 5) is 15.8. The van der Waals surface area contributed by atoms with E-state index >= 15 is 0 Å². The monoisotopic (exact) mass is 366 g/mol. The molecule has 3 aromatic rings. The van der Waals surface area contributed by atoms with Crippen LogP contribution in [-0.2, 0) is 6.18 Å². The van der Waals surface area contributed by atoms with Gasteiger partial charge in [-0.05, 0) is 50.1 Å². The molecule has 0 saturated carbocycles. The molecule has 25 heavy (non-hydrogen) atoms. The minimum absolute atomic E-state index is 0.117. The molecule has 130 valence electrons. The van der Waals surface area contributed by atoms with E-state index < -0.39 is 17.6 Å². The van der Waals surface area contributed by atoms with E-state index in [0.29, 0.717) is 5.69 Å². The number of aryl methyl sites for hydroxylation is 3. The summed E-state index contributed by atoms with van der Waals surface area (Å²) in [6, 6.07) is 7.79. The van der Waals surface area contributed by atoms with Crippen LogP contribution < -0.4 is 5.69 Å². The summed E-state index contributed by atoms with van der Waals surface area (Å²) in [6.07, 6.45) is -4.75. The molecule has 0 bridgehead atoms. The summed E-state index contributed by atoms with van der Waals surface area (Å²) in [5.41, 5.74) is 0.996. The first kappa shape index (κ1) is 17.5. The second kappa shape index (κ2) is 5.88. The number of aromatic nitrogens is 2. The van der Waals surface area contributed by atoms with E-state index in [4.69, 9.17) is 11.6 Å². The van der Waals surface area contributed by atoms with Crippen molar-refractivity contribution in [1.82, 2.24) is 9.55 Å². The average molecular weight is 367 g/mol. The summed E-state index contributed by atoms with van der Waals surface area (Å²) >= 11 is 5.88. The number of hydrogen-bond donors (Lipinski definition) is 0. The van der Waals surface area contributed by atoms with Crippen molar-refractivity contribution in [3.8, 4) is 5.69 Å². The van der Waals surface area contributed by atoms with Gasteiger partial charge in [0.1, 0.15) is 0 Å². The first-order chi connectivity index (χ1) is 11.6. The van der Waals surface area contributed by atoms with E-state index in [1.165, 1.54) is 22.8 Å². The van der Waals surface area contributed by atoms with Gasteiger partial charge >= 0.3 is 11.9 Å². The zero-order valence-corrected chi connectivity index (χ0v) is 14.5. The van der Waals surface area contributed by atoms with Crippen molar-refractivity contribution in [2.24, 2.45) is 0 Å². The molecule has 0 aliphatic heterocycles. The van der Waals surface area contributed by atoms with Crippen LogP contribution in [0.1, 0.15) is 22.4 Å². The van der Waals surface area contributed by atoms with Crippen molar-refractivity contribution >= 4 is 22.5 Å². The van der Waals surface area contributed by atoms with Gasteiger partial charge in [-0.2, -0.15) is 18.2 Å². The molecule has 2 aromatic carbocycles. The number of benzene rings is 2. The van der Waals surface area contributed by atoms with E-state index in [1.54, 1.807) is 13.8 Å². The lowest BCUT2D eigenvalue weighted by Gasteiger charge is -2.18. The van der Waals surface area contributed by atoms with Gasteiger partial charge < -0.3 is 0 Å². The predicted octanol–water partition coefficient (Wildman–Crippen LogP) is 4.98. The zero-order valence-electron chi connectivity index (χ0n) is 13.7. The number of nitrogens with zero attached hydrogens (tertiary/aromatic N) is 2. The van der Waals surface area contributed by atoms with Gasteiger partial charge in [-0.15, -0.1) is 0 Å². The molecule has 1 heterocycles. The van der Waals surface area contributed by atoms with Crippen LogP contribution in [0.5, 0.6) is 0 Å². The fourth-order valence-corrected chi connectivity index (χ4v) is 3.33. The zero-order chi connectivity index (χ0) is 18.5. The van der Waals surface area contributed by atoms with Crippen LogP contribution >= 0.6 is 11.6 Å². The SMILES string of the molecule is Cc1cc(C)c(-n2c(=O)nc(C(F)(F)F)c3cc(Cl)ccc32)c(C)c1. The highest BCUT2D eigenvalue weighted by molar-refractivity contribution is 6.31. The van der Waals surface area contributed by atoms with Gasteiger partial charge in [0.25, 0.3) is 0 Å². The minimum atomic E-state index is -4.75. The molecule has 0 amide bonds. The largest absolute Gasteiger partial charge is 0.434 e. The molecular formula is C18H14ClF3N2O. The Kier molecular flexibility index (Phi) is 4.11. The van der Waals surface area contributed by atoms with E-state index in [9.17, 15) is 18.0 Å². The summed E-state index contributed by atoms with van der Waals surface area (Å²) in [6.45, 7) is 5.53. The Labute approximate surface area is 146 Å². The van der Waals surface area contributed by atoms with Crippen molar-refractivity contribution in [3.63, 3.8) is 0 Å². The third kappa shape index (κ3) is 3.02. The molecule has 0 radical (unpaired) electrons. The molecule has 3 rings (SSSR count). The molecule has 7 heteroatoms. The standard InChI is InChI=1S/C18H14ClF3N2O/c1-9-6-10(2)15(11(3)7-9)24-14-5-4-12(19)8-13(14)16(18(20,21)22)23-17(24)25/h4-8H,1-3H3. The Balaban J connectivity index is 2.51. The van der Waals surface area contributed by atoms with Crippen LogP contribution in [0.4, 0.5) is 13.2 Å². The van der Waals surface area contributed by atoms with Crippen LogP contribution in [0.2, 0.25) is 5.02 Å². The van der Waals surface area contributed by atoms with Crippen molar-refractivity contribution < 1.29 is 13.2 Å². The maximum atomic E-state index is 13.3. The van der Waals surface area contributed by atoms with Gasteiger partial charge in [0.2, 0.25) is 0 Å². The molecule has 0 aliphatic carbocycles. The normalized spacial score (nSPS) is 12.0.